The number of aliphatic hydroxyl groups excluding tert-OH is 2. The number of rotatable bonds is 13. The van der Waals surface area contributed by atoms with Crippen LogP contribution in [0.4, 0.5) is 0 Å². The van der Waals surface area contributed by atoms with Crippen LogP contribution in [0.25, 0.3) is 0 Å². The normalized spacial score (nSPS) is 34.6. The Labute approximate surface area is 153 Å². The lowest BCUT2D eigenvalue weighted by atomic mass is 9.71. The molecule has 2 N–H and O–H groups in total. The van der Waals surface area contributed by atoms with E-state index in [1.165, 1.54) is 64.9 Å². The van der Waals surface area contributed by atoms with E-state index in [0.717, 1.165) is 19.4 Å². The lowest BCUT2D eigenvalue weighted by Crippen LogP contribution is -2.65. The first-order valence-corrected chi connectivity index (χ1v) is 10.3. The average molecular weight is 359 g/mol. The van der Waals surface area contributed by atoms with Crippen molar-refractivity contribution in [2.24, 2.45) is 5.92 Å². The summed E-state index contributed by atoms with van der Waals surface area (Å²) in [5.74, 6) is -0.121. The van der Waals surface area contributed by atoms with E-state index >= 15 is 0 Å². The molecule has 2 rings (SSSR count). The molecule has 0 spiro atoms. The molecule has 0 aromatic heterocycles. The first-order chi connectivity index (χ1) is 12.2. The van der Waals surface area contributed by atoms with Gasteiger partial charge in [-0.25, -0.2) is 0 Å². The van der Waals surface area contributed by atoms with E-state index in [1.807, 2.05) is 0 Å². The Morgan fingerprint density at radius 1 is 0.880 bits per heavy atom. The Morgan fingerprint density at radius 3 is 2.08 bits per heavy atom. The lowest BCUT2D eigenvalue weighted by Gasteiger charge is -2.52. The fourth-order valence-electron chi connectivity index (χ4n) is 4.01. The maximum Gasteiger partial charge on any atom is 0.185 e. The molecule has 2 fully saturated rings. The molecule has 4 unspecified atom stereocenters. The molecule has 0 radical (unpaired) electrons. The second kappa shape index (κ2) is 11.5. The molecule has 1 saturated heterocycles. The Bertz CT molecular complexity index is 351. The molecule has 0 aromatic rings. The summed E-state index contributed by atoms with van der Waals surface area (Å²) < 4.78 is 16.6. The summed E-state index contributed by atoms with van der Waals surface area (Å²) in [7, 11) is 1.48. The number of hydrogen-bond donors (Lipinski definition) is 2. The molecular weight excluding hydrogens is 320 g/mol. The number of ether oxygens (including phenoxy) is 3. The van der Waals surface area contributed by atoms with Gasteiger partial charge in [-0.15, -0.1) is 0 Å². The maximum absolute atomic E-state index is 10.2. The van der Waals surface area contributed by atoms with Crippen molar-refractivity contribution < 1.29 is 24.4 Å². The highest BCUT2D eigenvalue weighted by molar-refractivity contribution is 5.02. The third-order valence-corrected chi connectivity index (χ3v) is 5.72. The number of methoxy groups -OCH3 is 1. The SMILES string of the molecule is CCCCCCCCCCCCOC1CC2O[C@H](OC)C(O)C(O)[C@@H]12. The highest BCUT2D eigenvalue weighted by Crippen LogP contribution is 2.42. The largest absolute Gasteiger partial charge is 0.390 e. The van der Waals surface area contributed by atoms with Crippen LogP contribution >= 0.6 is 0 Å². The third-order valence-electron chi connectivity index (χ3n) is 5.72. The molecule has 2 aliphatic rings. The van der Waals surface area contributed by atoms with Gasteiger partial charge < -0.3 is 24.4 Å². The zero-order valence-electron chi connectivity index (χ0n) is 16.1. The lowest BCUT2D eigenvalue weighted by molar-refractivity contribution is -0.324. The predicted octanol–water partition coefficient (Wildman–Crippen LogP) is 3.41. The van der Waals surface area contributed by atoms with Gasteiger partial charge in [0.2, 0.25) is 0 Å². The molecule has 1 aliphatic heterocycles. The van der Waals surface area contributed by atoms with Gasteiger partial charge in [-0.05, 0) is 6.42 Å². The van der Waals surface area contributed by atoms with Gasteiger partial charge in [0.25, 0.3) is 0 Å². The van der Waals surface area contributed by atoms with E-state index in [2.05, 4.69) is 6.92 Å². The van der Waals surface area contributed by atoms with Crippen molar-refractivity contribution in [2.45, 2.75) is 108 Å². The van der Waals surface area contributed by atoms with Crippen molar-refractivity contribution in [1.29, 1.82) is 0 Å². The van der Waals surface area contributed by atoms with Crippen LogP contribution in [0.5, 0.6) is 0 Å². The van der Waals surface area contributed by atoms with Crippen molar-refractivity contribution in [3.05, 3.63) is 0 Å². The van der Waals surface area contributed by atoms with Crippen LogP contribution in [0.1, 0.15) is 77.6 Å². The second-order valence-corrected chi connectivity index (χ2v) is 7.66. The van der Waals surface area contributed by atoms with Crippen LogP contribution in [-0.2, 0) is 14.2 Å². The first-order valence-electron chi connectivity index (χ1n) is 10.3. The van der Waals surface area contributed by atoms with E-state index in [-0.39, 0.29) is 18.1 Å². The fraction of sp³-hybridized carbons (Fsp3) is 1.00. The molecular formula is C20H38O5. The molecule has 0 amide bonds. The van der Waals surface area contributed by atoms with Gasteiger partial charge in [-0.2, -0.15) is 0 Å². The maximum atomic E-state index is 10.2. The number of fused-ring (bicyclic) bond motifs is 1. The second-order valence-electron chi connectivity index (χ2n) is 7.66. The molecule has 0 bridgehead atoms. The first kappa shape index (κ1) is 21.1. The highest BCUT2D eigenvalue weighted by Gasteiger charge is 2.55. The van der Waals surface area contributed by atoms with E-state index in [9.17, 15) is 10.2 Å². The van der Waals surface area contributed by atoms with Crippen molar-refractivity contribution in [3.8, 4) is 0 Å². The number of unbranched alkanes of at least 4 members (excludes halogenated alkanes) is 9. The Hall–Kier alpha value is -0.200. The van der Waals surface area contributed by atoms with E-state index in [1.54, 1.807) is 0 Å². The minimum atomic E-state index is -0.991. The van der Waals surface area contributed by atoms with Crippen LogP contribution in [0, 0.1) is 5.92 Å². The minimum absolute atomic E-state index is 0.00558. The Kier molecular flexibility index (Phi) is 9.71. The van der Waals surface area contributed by atoms with Crippen molar-refractivity contribution in [2.75, 3.05) is 13.7 Å². The highest BCUT2D eigenvalue weighted by atomic mass is 16.7. The fourth-order valence-corrected chi connectivity index (χ4v) is 4.01. The van der Waals surface area contributed by atoms with Crippen LogP contribution in [0.15, 0.2) is 0 Å². The van der Waals surface area contributed by atoms with E-state index in [4.69, 9.17) is 14.2 Å². The van der Waals surface area contributed by atoms with Gasteiger partial charge in [0.05, 0.1) is 18.3 Å². The topological polar surface area (TPSA) is 68.2 Å². The minimum Gasteiger partial charge on any atom is -0.390 e. The smallest absolute Gasteiger partial charge is 0.185 e. The molecule has 25 heavy (non-hydrogen) atoms. The molecule has 6 atom stereocenters. The van der Waals surface area contributed by atoms with Gasteiger partial charge in [0.1, 0.15) is 6.10 Å². The summed E-state index contributed by atoms with van der Waals surface area (Å²) in [6.07, 6.45) is 11.3. The van der Waals surface area contributed by atoms with Crippen molar-refractivity contribution >= 4 is 0 Å². The summed E-state index contributed by atoms with van der Waals surface area (Å²) in [5, 5.41) is 20.2. The molecule has 1 heterocycles. The monoisotopic (exact) mass is 358 g/mol. The third kappa shape index (κ3) is 6.17. The summed E-state index contributed by atoms with van der Waals surface area (Å²) in [6.45, 7) is 2.99. The van der Waals surface area contributed by atoms with Gasteiger partial charge in [-0.3, -0.25) is 0 Å². The predicted molar refractivity (Wildman–Crippen MR) is 97.4 cm³/mol. The summed E-state index contributed by atoms with van der Waals surface area (Å²) >= 11 is 0. The van der Waals surface area contributed by atoms with Gasteiger partial charge in [-0.1, -0.05) is 64.7 Å². The molecule has 148 valence electrons. The molecule has 5 nitrogen and oxygen atoms in total. The van der Waals surface area contributed by atoms with Crippen LogP contribution in [0.2, 0.25) is 0 Å². The Balaban J connectivity index is 1.46. The van der Waals surface area contributed by atoms with Crippen LogP contribution in [-0.4, -0.2) is 54.6 Å². The van der Waals surface area contributed by atoms with Crippen LogP contribution in [0.3, 0.4) is 0 Å². The summed E-state index contributed by atoms with van der Waals surface area (Å²) in [6, 6.07) is 0. The zero-order valence-corrected chi connectivity index (χ0v) is 16.1. The summed E-state index contributed by atoms with van der Waals surface area (Å²) in [5.41, 5.74) is 0. The summed E-state index contributed by atoms with van der Waals surface area (Å²) in [4.78, 5) is 0. The van der Waals surface area contributed by atoms with E-state index in [0.29, 0.717) is 0 Å². The standard InChI is InChI=1S/C20H38O5/c1-3-4-5-6-7-8-9-10-11-12-13-24-15-14-16-17(15)18(21)19(22)20(23-2)25-16/h15-22H,3-14H2,1-2H3/t15?,16?,17-,18?,19?,20-/m0/s1. The molecule has 1 saturated carbocycles. The number of hydrogen-bond acceptors (Lipinski definition) is 5. The van der Waals surface area contributed by atoms with Gasteiger partial charge in [0, 0.05) is 26.1 Å². The quantitative estimate of drug-likeness (QED) is 0.494. The molecule has 1 aliphatic carbocycles. The van der Waals surface area contributed by atoms with Crippen LogP contribution < -0.4 is 0 Å². The average Bonchev–Trinajstić information content (AvgIpc) is 2.59. The van der Waals surface area contributed by atoms with Gasteiger partial charge in [0.15, 0.2) is 6.29 Å². The number of aliphatic hydroxyl groups is 2. The molecule has 5 heteroatoms. The Morgan fingerprint density at radius 2 is 1.48 bits per heavy atom. The van der Waals surface area contributed by atoms with Gasteiger partial charge >= 0.3 is 0 Å². The molecule has 0 aromatic carbocycles. The zero-order chi connectivity index (χ0) is 18.1. The van der Waals surface area contributed by atoms with Crippen molar-refractivity contribution in [1.82, 2.24) is 0 Å². The van der Waals surface area contributed by atoms with Crippen molar-refractivity contribution in [3.63, 3.8) is 0 Å². The van der Waals surface area contributed by atoms with E-state index < -0.39 is 18.5 Å².